The first-order valence-electron chi connectivity index (χ1n) is 9.67. The van der Waals surface area contributed by atoms with Crippen molar-refractivity contribution in [2.75, 3.05) is 6.61 Å². The summed E-state index contributed by atoms with van der Waals surface area (Å²) in [5, 5.41) is 0.133. The quantitative estimate of drug-likeness (QED) is 0.468. The van der Waals surface area contributed by atoms with Crippen molar-refractivity contribution in [2.24, 2.45) is 0 Å². The third kappa shape index (κ3) is 4.86. The van der Waals surface area contributed by atoms with E-state index in [-0.39, 0.29) is 16.6 Å². The fourth-order valence-corrected chi connectivity index (χ4v) is 3.77. The van der Waals surface area contributed by atoms with E-state index in [9.17, 15) is 9.59 Å². The number of carbonyl (C=O) groups excluding carboxylic acids is 2. The Kier molecular flexibility index (Phi) is 6.46. The predicted molar refractivity (Wildman–Crippen MR) is 116 cm³/mol. The van der Waals surface area contributed by atoms with E-state index in [2.05, 4.69) is 38.8 Å². The normalized spacial score (nSPS) is 12.3. The fraction of sp³-hybridized carbons (Fsp3) is 0.500. The first-order chi connectivity index (χ1) is 12.8. The van der Waals surface area contributed by atoms with E-state index >= 15 is 0 Å². The third-order valence-corrected chi connectivity index (χ3v) is 10.1. The van der Waals surface area contributed by atoms with Crippen LogP contribution in [0.5, 0.6) is 0 Å². The van der Waals surface area contributed by atoms with Crippen LogP contribution in [0.3, 0.4) is 0 Å². The highest BCUT2D eigenvalue weighted by Gasteiger charge is 2.37. The molecule has 0 aliphatic rings. The number of nitrogens with zero attached hydrogens (tertiary/aromatic N) is 2. The average Bonchev–Trinajstić information content (AvgIpc) is 2.97. The van der Waals surface area contributed by atoms with Gasteiger partial charge in [-0.05, 0) is 38.0 Å². The molecule has 0 N–H and O–H groups in total. The second-order valence-corrected chi connectivity index (χ2v) is 13.7. The molecule has 0 amide bonds. The molecule has 0 radical (unpaired) electrons. The van der Waals surface area contributed by atoms with Crippen molar-refractivity contribution in [3.05, 3.63) is 41.2 Å². The number of rotatable bonds is 7. The van der Waals surface area contributed by atoms with Crippen LogP contribution >= 0.6 is 0 Å². The number of ketones is 2. The molecule has 0 atom stereocenters. The number of hydrogen-bond acceptors (Lipinski definition) is 4. The van der Waals surface area contributed by atoms with Crippen molar-refractivity contribution in [3.63, 3.8) is 0 Å². The van der Waals surface area contributed by atoms with E-state index in [4.69, 9.17) is 4.43 Å². The summed E-state index contributed by atoms with van der Waals surface area (Å²) in [6.45, 7) is 17.2. The van der Waals surface area contributed by atoms with Gasteiger partial charge >= 0.3 is 0 Å². The lowest BCUT2D eigenvalue weighted by Gasteiger charge is -2.36. The first-order valence-corrected chi connectivity index (χ1v) is 12.6. The Bertz CT molecular complexity index is 892. The average molecular weight is 401 g/mol. The molecule has 5 nitrogen and oxygen atoms in total. The van der Waals surface area contributed by atoms with Crippen LogP contribution in [0.25, 0.3) is 11.4 Å². The molecule has 0 spiro atoms. The van der Waals surface area contributed by atoms with Gasteiger partial charge in [0.15, 0.2) is 19.9 Å². The smallest absolute Gasteiger partial charge is 0.192 e. The minimum Gasteiger partial charge on any atom is -0.415 e. The topological polar surface area (TPSA) is 61.2 Å². The Morgan fingerprint density at radius 3 is 2.32 bits per heavy atom. The lowest BCUT2D eigenvalue weighted by atomic mass is 10.0. The summed E-state index contributed by atoms with van der Waals surface area (Å²) < 4.78 is 8.23. The fourth-order valence-electron chi connectivity index (χ4n) is 2.73. The van der Waals surface area contributed by atoms with E-state index in [1.54, 1.807) is 13.1 Å². The maximum absolute atomic E-state index is 12.2. The molecular weight excluding hydrogens is 368 g/mol. The molecule has 1 aromatic carbocycles. The number of carbonyl (C=O) groups is 2. The summed E-state index contributed by atoms with van der Waals surface area (Å²) in [6, 6.07) is 5.74. The molecular formula is C22H32N2O3Si. The lowest BCUT2D eigenvalue weighted by molar-refractivity contribution is 0.100. The van der Waals surface area contributed by atoms with E-state index in [1.165, 1.54) is 6.92 Å². The Hall–Kier alpha value is -2.05. The Labute approximate surface area is 169 Å². The molecule has 1 aromatic heterocycles. The van der Waals surface area contributed by atoms with Crippen LogP contribution in [0.1, 0.15) is 61.0 Å². The van der Waals surface area contributed by atoms with Crippen molar-refractivity contribution in [1.82, 2.24) is 9.55 Å². The van der Waals surface area contributed by atoms with Crippen molar-refractivity contribution in [3.8, 4) is 11.4 Å². The van der Waals surface area contributed by atoms with Gasteiger partial charge in [0.25, 0.3) is 0 Å². The molecule has 2 rings (SSSR count). The Morgan fingerprint density at radius 1 is 1.14 bits per heavy atom. The molecule has 0 aliphatic heterocycles. The molecule has 6 heteroatoms. The number of aromatic nitrogens is 2. The maximum atomic E-state index is 12.2. The van der Waals surface area contributed by atoms with Gasteiger partial charge in [-0.2, -0.15) is 0 Å². The van der Waals surface area contributed by atoms with Crippen LogP contribution < -0.4 is 0 Å². The zero-order chi connectivity index (χ0) is 21.3. The Morgan fingerprint density at radius 2 is 1.79 bits per heavy atom. The van der Waals surface area contributed by atoms with Crippen molar-refractivity contribution >= 4 is 19.9 Å². The monoisotopic (exact) mass is 400 g/mol. The molecule has 2 aromatic rings. The minimum absolute atomic E-state index is 0.0184. The summed E-state index contributed by atoms with van der Waals surface area (Å²) in [6.07, 6.45) is 1.76. The van der Waals surface area contributed by atoms with Gasteiger partial charge < -0.3 is 8.99 Å². The zero-order valence-corrected chi connectivity index (χ0v) is 19.3. The molecule has 28 heavy (non-hydrogen) atoms. The summed E-state index contributed by atoms with van der Waals surface area (Å²) >= 11 is 0. The van der Waals surface area contributed by atoms with E-state index in [0.29, 0.717) is 30.2 Å². The van der Waals surface area contributed by atoms with Crippen LogP contribution in [-0.2, 0) is 11.0 Å². The number of hydrogen-bond donors (Lipinski definition) is 0. The minimum atomic E-state index is -1.86. The zero-order valence-electron chi connectivity index (χ0n) is 18.3. The maximum Gasteiger partial charge on any atom is 0.192 e. The van der Waals surface area contributed by atoms with Crippen molar-refractivity contribution < 1.29 is 14.0 Å². The van der Waals surface area contributed by atoms with Gasteiger partial charge in [-0.25, -0.2) is 4.98 Å². The highest BCUT2D eigenvalue weighted by molar-refractivity contribution is 6.74. The van der Waals surface area contributed by atoms with Gasteiger partial charge in [0.2, 0.25) is 0 Å². The molecule has 0 bridgehead atoms. The number of Topliss-reactive ketones (excluding diaryl/α,β-unsaturated/α-hetero) is 2. The van der Waals surface area contributed by atoms with Gasteiger partial charge in [-0.1, -0.05) is 38.5 Å². The third-order valence-electron chi connectivity index (χ3n) is 5.53. The number of imidazole rings is 1. The standard InChI is InChI=1S/C22H32N2O3Si/c1-15-9-10-18(19(13-15)16(2)25)21-23-20(17(3)26)14-24(21)11-12-27-28(7,8)22(4,5)6/h9-10,13-14H,11-12H2,1-8H3. The molecule has 0 aliphatic carbocycles. The van der Waals surface area contributed by atoms with E-state index in [1.807, 2.05) is 29.7 Å². The second-order valence-electron chi connectivity index (χ2n) is 8.91. The lowest BCUT2D eigenvalue weighted by Crippen LogP contribution is -2.41. The number of benzene rings is 1. The molecule has 0 saturated heterocycles. The largest absolute Gasteiger partial charge is 0.415 e. The van der Waals surface area contributed by atoms with Gasteiger partial charge in [0.1, 0.15) is 11.5 Å². The Balaban J connectivity index is 2.40. The molecule has 0 fully saturated rings. The highest BCUT2D eigenvalue weighted by atomic mass is 28.4. The SMILES string of the molecule is CC(=O)c1cn(CCO[Si](C)(C)C(C)(C)C)c(-c2ccc(C)cc2C(C)=O)n1. The molecule has 1 heterocycles. The molecule has 0 unspecified atom stereocenters. The summed E-state index contributed by atoms with van der Waals surface area (Å²) in [5.41, 5.74) is 2.78. The van der Waals surface area contributed by atoms with Crippen LogP contribution in [0, 0.1) is 6.92 Å². The first kappa shape index (κ1) is 22.2. The molecule has 152 valence electrons. The van der Waals surface area contributed by atoms with Crippen LogP contribution in [0.2, 0.25) is 18.1 Å². The van der Waals surface area contributed by atoms with Gasteiger partial charge in [0.05, 0.1) is 6.61 Å². The number of aryl methyl sites for hydroxylation is 1. The van der Waals surface area contributed by atoms with Crippen molar-refractivity contribution in [2.45, 2.75) is 66.2 Å². The van der Waals surface area contributed by atoms with Crippen LogP contribution in [-0.4, -0.2) is 36.0 Å². The summed E-state index contributed by atoms with van der Waals surface area (Å²) in [5.74, 6) is 0.520. The van der Waals surface area contributed by atoms with Gasteiger partial charge in [0, 0.05) is 30.8 Å². The van der Waals surface area contributed by atoms with Gasteiger partial charge in [-0.3, -0.25) is 9.59 Å². The highest BCUT2D eigenvalue weighted by Crippen LogP contribution is 2.36. The van der Waals surface area contributed by atoms with Crippen molar-refractivity contribution in [1.29, 1.82) is 0 Å². The second kappa shape index (κ2) is 8.13. The van der Waals surface area contributed by atoms with Crippen LogP contribution in [0.4, 0.5) is 0 Å². The van der Waals surface area contributed by atoms with E-state index in [0.717, 1.165) is 11.1 Å². The van der Waals surface area contributed by atoms with E-state index < -0.39 is 8.32 Å². The molecule has 0 saturated carbocycles. The van der Waals surface area contributed by atoms with Crippen LogP contribution in [0.15, 0.2) is 24.4 Å². The predicted octanol–water partition coefficient (Wildman–Crippen LogP) is 5.29. The van der Waals surface area contributed by atoms with Gasteiger partial charge in [-0.15, -0.1) is 0 Å². The summed E-state index contributed by atoms with van der Waals surface area (Å²) in [4.78, 5) is 28.6. The summed E-state index contributed by atoms with van der Waals surface area (Å²) in [7, 11) is -1.86.